The summed E-state index contributed by atoms with van der Waals surface area (Å²) in [7, 11) is -3.90. The zero-order valence-electron chi connectivity index (χ0n) is 12.2. The highest BCUT2D eigenvalue weighted by atomic mass is 79.9. The monoisotopic (exact) mass is 477 g/mol. The fraction of sp³-hybridized carbons (Fsp3) is 0.133. The van der Waals surface area contributed by atoms with Crippen LogP contribution in [0.2, 0.25) is 0 Å². The van der Waals surface area contributed by atoms with E-state index in [1.165, 1.54) is 12.1 Å². The van der Waals surface area contributed by atoms with Crippen LogP contribution in [0.1, 0.15) is 10.4 Å². The SMILES string of the molecule is NS(=O)(=O)c1ccc(Br)c(C(=O)OCCOc2cccc(Br)c2)c1. The number of rotatable bonds is 6. The quantitative estimate of drug-likeness (QED) is 0.508. The summed E-state index contributed by atoms with van der Waals surface area (Å²) >= 11 is 6.50. The number of ether oxygens (including phenoxy) is 2. The Morgan fingerprint density at radius 2 is 1.83 bits per heavy atom. The molecule has 0 aliphatic rings. The summed E-state index contributed by atoms with van der Waals surface area (Å²) < 4.78 is 34.5. The molecule has 0 saturated heterocycles. The topological polar surface area (TPSA) is 95.7 Å². The van der Waals surface area contributed by atoms with Crippen molar-refractivity contribution >= 4 is 47.9 Å². The minimum absolute atomic E-state index is 0.0113. The fourth-order valence-corrected chi connectivity index (χ4v) is 3.09. The van der Waals surface area contributed by atoms with Crippen molar-refractivity contribution in [2.75, 3.05) is 13.2 Å². The van der Waals surface area contributed by atoms with Gasteiger partial charge in [0.15, 0.2) is 0 Å². The molecule has 0 atom stereocenters. The van der Waals surface area contributed by atoms with Crippen LogP contribution in [0.15, 0.2) is 56.3 Å². The van der Waals surface area contributed by atoms with Gasteiger partial charge in [-0.3, -0.25) is 0 Å². The zero-order chi connectivity index (χ0) is 17.7. The van der Waals surface area contributed by atoms with Crippen LogP contribution in [-0.2, 0) is 14.8 Å². The summed E-state index contributed by atoms with van der Waals surface area (Å²) in [6.45, 7) is 0.173. The number of nitrogens with two attached hydrogens (primary N) is 1. The number of primary sulfonamides is 1. The lowest BCUT2D eigenvalue weighted by atomic mass is 10.2. The summed E-state index contributed by atoms with van der Waals surface area (Å²) in [5.74, 6) is -0.0388. The van der Waals surface area contributed by atoms with E-state index in [-0.39, 0.29) is 23.7 Å². The minimum Gasteiger partial charge on any atom is -0.490 e. The normalized spacial score (nSPS) is 11.1. The second-order valence-corrected chi connectivity index (χ2v) is 7.96. The molecule has 9 heteroatoms. The second-order valence-electron chi connectivity index (χ2n) is 4.63. The highest BCUT2D eigenvalue weighted by Crippen LogP contribution is 2.21. The molecule has 2 N–H and O–H groups in total. The summed E-state index contributed by atoms with van der Waals surface area (Å²) in [4.78, 5) is 11.9. The van der Waals surface area contributed by atoms with Gasteiger partial charge in [0.1, 0.15) is 19.0 Å². The van der Waals surface area contributed by atoms with Gasteiger partial charge < -0.3 is 9.47 Å². The number of carbonyl (C=O) groups is 1. The Kier molecular flexibility index (Phi) is 6.39. The van der Waals surface area contributed by atoms with E-state index in [1.807, 2.05) is 12.1 Å². The van der Waals surface area contributed by atoms with Gasteiger partial charge in [0.2, 0.25) is 10.0 Å². The van der Waals surface area contributed by atoms with Crippen molar-refractivity contribution in [2.45, 2.75) is 4.90 Å². The third-order valence-electron chi connectivity index (χ3n) is 2.87. The number of hydrogen-bond acceptors (Lipinski definition) is 5. The van der Waals surface area contributed by atoms with Crippen LogP contribution >= 0.6 is 31.9 Å². The molecule has 0 unspecified atom stereocenters. The Hall–Kier alpha value is -1.42. The largest absolute Gasteiger partial charge is 0.490 e. The van der Waals surface area contributed by atoms with Crippen LogP contribution in [0.4, 0.5) is 0 Å². The standard InChI is InChI=1S/C15H13Br2NO5S/c16-10-2-1-3-11(8-10)22-6-7-23-15(19)13-9-12(24(18,20)21)4-5-14(13)17/h1-5,8-9H,6-7H2,(H2,18,20,21). The third-order valence-corrected chi connectivity index (χ3v) is 4.96. The number of halogens is 2. The van der Waals surface area contributed by atoms with Crippen molar-refractivity contribution < 1.29 is 22.7 Å². The third kappa shape index (κ3) is 5.30. The molecule has 0 aromatic heterocycles. The molecule has 2 aromatic carbocycles. The van der Waals surface area contributed by atoms with Crippen LogP contribution in [0.3, 0.4) is 0 Å². The second kappa shape index (κ2) is 8.11. The molecule has 6 nitrogen and oxygen atoms in total. The molecule has 2 rings (SSSR count). The van der Waals surface area contributed by atoms with Gasteiger partial charge in [0.05, 0.1) is 10.5 Å². The molecule has 0 radical (unpaired) electrons. The molecule has 0 spiro atoms. The minimum atomic E-state index is -3.90. The van der Waals surface area contributed by atoms with Crippen molar-refractivity contribution in [2.24, 2.45) is 5.14 Å². The summed E-state index contributed by atoms with van der Waals surface area (Å²) in [5.41, 5.74) is 0.0731. The highest BCUT2D eigenvalue weighted by Gasteiger charge is 2.16. The van der Waals surface area contributed by atoms with Gasteiger partial charge in [-0.25, -0.2) is 18.4 Å². The zero-order valence-corrected chi connectivity index (χ0v) is 16.2. The maximum atomic E-state index is 12.1. The number of hydrogen-bond donors (Lipinski definition) is 1. The summed E-state index contributed by atoms with van der Waals surface area (Å²) in [6, 6.07) is 11.1. The van der Waals surface area contributed by atoms with Crippen molar-refractivity contribution in [1.82, 2.24) is 0 Å². The van der Waals surface area contributed by atoms with E-state index in [1.54, 1.807) is 12.1 Å². The van der Waals surface area contributed by atoms with Crippen molar-refractivity contribution in [3.05, 3.63) is 57.0 Å². The molecule has 24 heavy (non-hydrogen) atoms. The lowest BCUT2D eigenvalue weighted by Gasteiger charge is -2.09. The highest BCUT2D eigenvalue weighted by molar-refractivity contribution is 9.10. The van der Waals surface area contributed by atoms with Crippen molar-refractivity contribution in [3.63, 3.8) is 0 Å². The van der Waals surface area contributed by atoms with E-state index in [4.69, 9.17) is 14.6 Å². The Morgan fingerprint density at radius 3 is 2.50 bits per heavy atom. The van der Waals surface area contributed by atoms with Gasteiger partial charge in [0, 0.05) is 8.95 Å². The number of esters is 1. The Labute approximate surface area is 156 Å². The first kappa shape index (κ1) is 18.9. The van der Waals surface area contributed by atoms with Crippen LogP contribution < -0.4 is 9.88 Å². The molecular weight excluding hydrogens is 466 g/mol. The van der Waals surface area contributed by atoms with Gasteiger partial charge in [-0.2, -0.15) is 0 Å². The summed E-state index contributed by atoms with van der Waals surface area (Å²) in [6.07, 6.45) is 0. The van der Waals surface area contributed by atoms with Crippen molar-refractivity contribution in [3.8, 4) is 5.75 Å². The number of sulfonamides is 1. The first-order valence-corrected chi connectivity index (χ1v) is 9.78. The first-order chi connectivity index (χ1) is 11.3. The number of benzene rings is 2. The maximum absolute atomic E-state index is 12.1. The van der Waals surface area contributed by atoms with Gasteiger partial charge in [-0.15, -0.1) is 0 Å². The smallest absolute Gasteiger partial charge is 0.339 e. The van der Waals surface area contributed by atoms with E-state index in [0.717, 1.165) is 10.5 Å². The van der Waals surface area contributed by atoms with Crippen LogP contribution in [0, 0.1) is 0 Å². The predicted octanol–water partition coefficient (Wildman–Crippen LogP) is 3.09. The predicted molar refractivity (Wildman–Crippen MR) is 95.4 cm³/mol. The first-order valence-electron chi connectivity index (χ1n) is 6.65. The Bertz CT molecular complexity index is 855. The van der Waals surface area contributed by atoms with Crippen molar-refractivity contribution in [1.29, 1.82) is 0 Å². The van der Waals surface area contributed by atoms with Crippen LogP contribution in [-0.4, -0.2) is 27.6 Å². The maximum Gasteiger partial charge on any atom is 0.339 e. The fourth-order valence-electron chi connectivity index (χ4n) is 1.77. The molecule has 0 fully saturated rings. The lowest BCUT2D eigenvalue weighted by molar-refractivity contribution is 0.0449. The van der Waals surface area contributed by atoms with E-state index in [9.17, 15) is 13.2 Å². The van der Waals surface area contributed by atoms with Gasteiger partial charge in [-0.1, -0.05) is 22.0 Å². The van der Waals surface area contributed by atoms with E-state index in [0.29, 0.717) is 10.2 Å². The molecule has 0 amide bonds. The molecule has 0 aliphatic carbocycles. The molecule has 2 aromatic rings. The summed E-state index contributed by atoms with van der Waals surface area (Å²) in [5, 5.41) is 5.06. The molecular formula is C15H13Br2NO5S. The molecule has 128 valence electrons. The molecule has 0 bridgehead atoms. The van der Waals surface area contributed by atoms with Gasteiger partial charge >= 0.3 is 5.97 Å². The van der Waals surface area contributed by atoms with Crippen LogP contribution in [0.5, 0.6) is 5.75 Å². The Morgan fingerprint density at radius 1 is 1.08 bits per heavy atom. The van der Waals surface area contributed by atoms with Gasteiger partial charge in [0.25, 0.3) is 0 Å². The molecule has 0 saturated carbocycles. The number of carbonyl (C=O) groups excluding carboxylic acids is 1. The van der Waals surface area contributed by atoms with Crippen LogP contribution in [0.25, 0.3) is 0 Å². The lowest BCUT2D eigenvalue weighted by Crippen LogP contribution is -2.15. The van der Waals surface area contributed by atoms with Gasteiger partial charge in [-0.05, 0) is 52.3 Å². The Balaban J connectivity index is 1.95. The van der Waals surface area contributed by atoms with E-state index >= 15 is 0 Å². The van der Waals surface area contributed by atoms with E-state index in [2.05, 4.69) is 31.9 Å². The van der Waals surface area contributed by atoms with E-state index < -0.39 is 16.0 Å². The average Bonchev–Trinajstić information content (AvgIpc) is 2.50. The molecule has 0 aliphatic heterocycles. The molecule has 0 heterocycles. The average molecular weight is 479 g/mol.